The minimum absolute atomic E-state index is 0.110. The molecule has 1 amide bonds. The first kappa shape index (κ1) is 8.22. The highest BCUT2D eigenvalue weighted by Crippen LogP contribution is 2.27. The lowest BCUT2D eigenvalue weighted by atomic mass is 10.2. The first-order valence-electron chi connectivity index (χ1n) is 4.41. The predicted molar refractivity (Wildman–Crippen MR) is 45.9 cm³/mol. The largest absolute Gasteiger partial charge is 0.335 e. The smallest absolute Gasteiger partial charge is 0.210 e. The molecule has 5 nitrogen and oxygen atoms in total. The second-order valence-electron chi connectivity index (χ2n) is 3.27. The number of hydrogen-bond acceptors (Lipinski definition) is 3. The lowest BCUT2D eigenvalue weighted by Crippen LogP contribution is -2.22. The summed E-state index contributed by atoms with van der Waals surface area (Å²) in [5, 5.41) is 6.80. The van der Waals surface area contributed by atoms with Crippen LogP contribution >= 0.6 is 0 Å². The molecule has 70 valence electrons. The van der Waals surface area contributed by atoms with Crippen LogP contribution in [0.15, 0.2) is 0 Å². The van der Waals surface area contributed by atoms with Crippen molar-refractivity contribution < 1.29 is 4.79 Å². The molecule has 0 aromatic carbocycles. The molecule has 0 unspecified atom stereocenters. The van der Waals surface area contributed by atoms with E-state index in [9.17, 15) is 4.79 Å². The fourth-order valence-electron chi connectivity index (χ4n) is 1.72. The summed E-state index contributed by atoms with van der Waals surface area (Å²) in [7, 11) is 0. The highest BCUT2D eigenvalue weighted by Gasteiger charge is 2.26. The van der Waals surface area contributed by atoms with Gasteiger partial charge in [-0.2, -0.15) is 5.10 Å². The SMILES string of the molecule is Cc1n[nH]c([C@@H]2CCCN2C=O)n1. The van der Waals surface area contributed by atoms with Crippen LogP contribution in [0, 0.1) is 6.92 Å². The zero-order chi connectivity index (χ0) is 9.26. The van der Waals surface area contributed by atoms with Crippen LogP contribution in [-0.2, 0) is 4.79 Å². The summed E-state index contributed by atoms with van der Waals surface area (Å²) in [6.07, 6.45) is 2.91. The van der Waals surface area contributed by atoms with Crippen LogP contribution < -0.4 is 0 Å². The number of rotatable bonds is 2. The average Bonchev–Trinajstić information content (AvgIpc) is 2.71. The maximum Gasteiger partial charge on any atom is 0.210 e. The van der Waals surface area contributed by atoms with E-state index in [0.29, 0.717) is 0 Å². The molecule has 1 aliphatic heterocycles. The summed E-state index contributed by atoms with van der Waals surface area (Å²) in [6, 6.07) is 0.110. The Bertz CT molecular complexity index is 309. The number of aromatic nitrogens is 3. The lowest BCUT2D eigenvalue weighted by Gasteiger charge is -2.16. The van der Waals surface area contributed by atoms with E-state index < -0.39 is 0 Å². The van der Waals surface area contributed by atoms with Crippen molar-refractivity contribution in [3.63, 3.8) is 0 Å². The fourth-order valence-corrected chi connectivity index (χ4v) is 1.72. The van der Waals surface area contributed by atoms with Gasteiger partial charge in [-0.3, -0.25) is 9.89 Å². The van der Waals surface area contributed by atoms with Crippen molar-refractivity contribution in [3.05, 3.63) is 11.6 Å². The maximum atomic E-state index is 10.7. The van der Waals surface area contributed by atoms with E-state index in [-0.39, 0.29) is 6.04 Å². The summed E-state index contributed by atoms with van der Waals surface area (Å²) in [5.74, 6) is 1.54. The molecule has 0 spiro atoms. The molecule has 1 fully saturated rings. The van der Waals surface area contributed by atoms with Gasteiger partial charge in [0.25, 0.3) is 0 Å². The number of carbonyl (C=O) groups is 1. The van der Waals surface area contributed by atoms with E-state index in [1.54, 1.807) is 4.90 Å². The number of likely N-dealkylation sites (tertiary alicyclic amines) is 1. The van der Waals surface area contributed by atoms with Gasteiger partial charge in [-0.05, 0) is 19.8 Å². The number of nitrogens with zero attached hydrogens (tertiary/aromatic N) is 3. The van der Waals surface area contributed by atoms with Crippen molar-refractivity contribution in [1.29, 1.82) is 0 Å². The second kappa shape index (κ2) is 3.16. The summed E-state index contributed by atoms with van der Waals surface area (Å²) in [4.78, 5) is 16.6. The molecule has 5 heteroatoms. The first-order chi connectivity index (χ1) is 6.31. The van der Waals surface area contributed by atoms with Crippen LogP contribution in [-0.4, -0.2) is 33.0 Å². The number of H-pyrrole nitrogens is 1. The highest BCUT2D eigenvalue weighted by atomic mass is 16.1. The molecule has 1 saturated heterocycles. The van der Waals surface area contributed by atoms with E-state index >= 15 is 0 Å². The second-order valence-corrected chi connectivity index (χ2v) is 3.27. The van der Waals surface area contributed by atoms with Gasteiger partial charge in [-0.15, -0.1) is 0 Å². The van der Waals surface area contributed by atoms with Crippen molar-refractivity contribution in [1.82, 2.24) is 20.1 Å². The number of nitrogens with one attached hydrogen (secondary N) is 1. The minimum Gasteiger partial charge on any atom is -0.335 e. The molecular weight excluding hydrogens is 168 g/mol. The van der Waals surface area contributed by atoms with Crippen LogP contribution in [0.2, 0.25) is 0 Å². The normalized spacial score (nSPS) is 22.2. The Morgan fingerprint density at radius 1 is 1.69 bits per heavy atom. The topological polar surface area (TPSA) is 61.9 Å². The Hall–Kier alpha value is -1.39. The first-order valence-corrected chi connectivity index (χ1v) is 4.41. The van der Waals surface area contributed by atoms with Crippen LogP contribution in [0.4, 0.5) is 0 Å². The van der Waals surface area contributed by atoms with Gasteiger partial charge >= 0.3 is 0 Å². The Morgan fingerprint density at radius 2 is 2.54 bits per heavy atom. The maximum absolute atomic E-state index is 10.7. The summed E-state index contributed by atoms with van der Waals surface area (Å²) in [6.45, 7) is 2.66. The average molecular weight is 180 g/mol. The van der Waals surface area contributed by atoms with Gasteiger partial charge in [0.15, 0.2) is 0 Å². The molecule has 13 heavy (non-hydrogen) atoms. The fraction of sp³-hybridized carbons (Fsp3) is 0.625. The third-order valence-electron chi connectivity index (χ3n) is 2.36. The molecule has 1 N–H and O–H groups in total. The van der Waals surface area contributed by atoms with Gasteiger partial charge in [0, 0.05) is 6.54 Å². The molecule has 0 radical (unpaired) electrons. The highest BCUT2D eigenvalue weighted by molar-refractivity contribution is 5.48. The quantitative estimate of drug-likeness (QED) is 0.670. The van der Waals surface area contributed by atoms with Crippen molar-refractivity contribution >= 4 is 6.41 Å². The molecule has 0 saturated carbocycles. The number of amides is 1. The van der Waals surface area contributed by atoms with Crippen molar-refractivity contribution in [2.24, 2.45) is 0 Å². The molecule has 0 aliphatic carbocycles. The van der Waals surface area contributed by atoms with E-state index in [4.69, 9.17) is 0 Å². The minimum atomic E-state index is 0.110. The molecule has 1 aromatic rings. The van der Waals surface area contributed by atoms with E-state index in [1.165, 1.54) is 0 Å². The standard InChI is InChI=1S/C8H12N4O/c1-6-9-8(11-10-6)7-3-2-4-12(7)5-13/h5,7H,2-4H2,1H3,(H,9,10,11)/t7-/m0/s1. The molecule has 2 heterocycles. The van der Waals surface area contributed by atoms with Crippen LogP contribution in [0.1, 0.15) is 30.5 Å². The molecular formula is C8H12N4O. The Kier molecular flexibility index (Phi) is 2.00. The van der Waals surface area contributed by atoms with E-state index in [0.717, 1.165) is 37.4 Å². The zero-order valence-corrected chi connectivity index (χ0v) is 7.53. The predicted octanol–water partition coefficient (Wildman–Crippen LogP) is 0.406. The van der Waals surface area contributed by atoms with Gasteiger partial charge in [0.2, 0.25) is 6.41 Å². The van der Waals surface area contributed by atoms with Crippen LogP contribution in [0.5, 0.6) is 0 Å². The number of aryl methyl sites for hydroxylation is 1. The van der Waals surface area contributed by atoms with Gasteiger partial charge < -0.3 is 4.90 Å². The van der Waals surface area contributed by atoms with E-state index in [2.05, 4.69) is 15.2 Å². The molecule has 1 atom stereocenters. The van der Waals surface area contributed by atoms with Crippen molar-refractivity contribution in [3.8, 4) is 0 Å². The van der Waals surface area contributed by atoms with Crippen molar-refractivity contribution in [2.45, 2.75) is 25.8 Å². The monoisotopic (exact) mass is 180 g/mol. The number of aromatic amines is 1. The van der Waals surface area contributed by atoms with Crippen molar-refractivity contribution in [2.75, 3.05) is 6.54 Å². The van der Waals surface area contributed by atoms with Gasteiger partial charge in [-0.1, -0.05) is 0 Å². The Balaban J connectivity index is 2.20. The van der Waals surface area contributed by atoms with Crippen LogP contribution in [0.3, 0.4) is 0 Å². The van der Waals surface area contributed by atoms with Gasteiger partial charge in [0.05, 0.1) is 6.04 Å². The van der Waals surface area contributed by atoms with E-state index in [1.807, 2.05) is 6.92 Å². The number of carbonyl (C=O) groups excluding carboxylic acids is 1. The summed E-state index contributed by atoms with van der Waals surface area (Å²) in [5.41, 5.74) is 0. The van der Waals surface area contributed by atoms with Gasteiger partial charge in [-0.25, -0.2) is 4.98 Å². The molecule has 2 rings (SSSR count). The zero-order valence-electron chi connectivity index (χ0n) is 7.53. The summed E-state index contributed by atoms with van der Waals surface area (Å²) < 4.78 is 0. The Morgan fingerprint density at radius 3 is 3.15 bits per heavy atom. The third-order valence-corrected chi connectivity index (χ3v) is 2.36. The molecule has 1 aliphatic rings. The van der Waals surface area contributed by atoms with Gasteiger partial charge in [0.1, 0.15) is 11.6 Å². The third kappa shape index (κ3) is 1.41. The molecule has 1 aromatic heterocycles. The lowest BCUT2D eigenvalue weighted by molar-refractivity contribution is -0.119. The number of hydrogen-bond donors (Lipinski definition) is 1. The summed E-state index contributed by atoms with van der Waals surface area (Å²) >= 11 is 0. The molecule has 0 bridgehead atoms. The van der Waals surface area contributed by atoms with Crippen LogP contribution in [0.25, 0.3) is 0 Å². The Labute approximate surface area is 76.2 Å².